The van der Waals surface area contributed by atoms with Gasteiger partial charge in [0.1, 0.15) is 5.75 Å². The van der Waals surface area contributed by atoms with Crippen molar-refractivity contribution in [1.82, 2.24) is 0 Å². The molecule has 2 rings (SSSR count). The van der Waals surface area contributed by atoms with Crippen LogP contribution in [0.4, 0.5) is 5.69 Å². The van der Waals surface area contributed by atoms with Crippen LogP contribution in [0.3, 0.4) is 0 Å². The van der Waals surface area contributed by atoms with Crippen LogP contribution in [-0.2, 0) is 4.79 Å². The molecule has 1 N–H and O–H groups in total. The Bertz CT molecular complexity index is 724. The van der Waals surface area contributed by atoms with Gasteiger partial charge in [-0.1, -0.05) is 17.8 Å². The first-order valence-electron chi connectivity index (χ1n) is 7.23. The van der Waals surface area contributed by atoms with E-state index in [1.54, 1.807) is 7.11 Å². The molecular weight excluding hydrogens is 308 g/mol. The number of aryl methyl sites for hydroxylation is 2. The minimum atomic E-state index is -0.0748. The van der Waals surface area contributed by atoms with Crippen molar-refractivity contribution in [2.24, 2.45) is 5.10 Å². The van der Waals surface area contributed by atoms with Gasteiger partial charge in [-0.2, -0.15) is 5.10 Å². The van der Waals surface area contributed by atoms with E-state index in [1.165, 1.54) is 29.8 Å². The number of hydrogen-bond acceptors (Lipinski definition) is 5. The fourth-order valence-electron chi connectivity index (χ4n) is 1.84. The van der Waals surface area contributed by atoms with Crippen molar-refractivity contribution in [2.75, 3.05) is 12.5 Å². The van der Waals surface area contributed by atoms with Gasteiger partial charge in [-0.05, 0) is 61.4 Å². The molecule has 120 valence electrons. The fourth-order valence-corrected chi connectivity index (χ4v) is 2.67. The molecule has 0 saturated carbocycles. The molecule has 0 bridgehead atoms. The quantitative estimate of drug-likeness (QED) is 0.382. The van der Waals surface area contributed by atoms with E-state index in [0.29, 0.717) is 5.04 Å². The van der Waals surface area contributed by atoms with Crippen molar-refractivity contribution in [2.45, 2.75) is 25.7 Å². The second kappa shape index (κ2) is 7.83. The number of nitrogens with zero attached hydrogens (tertiary/aromatic N) is 1. The van der Waals surface area contributed by atoms with Crippen LogP contribution in [0.25, 0.3) is 0 Å². The van der Waals surface area contributed by atoms with Crippen LogP contribution in [0.5, 0.6) is 5.75 Å². The summed E-state index contributed by atoms with van der Waals surface area (Å²) in [5, 5.41) is 4.66. The number of rotatable bonds is 5. The van der Waals surface area contributed by atoms with Crippen molar-refractivity contribution in [3.8, 4) is 5.75 Å². The molecule has 0 saturated heterocycles. The van der Waals surface area contributed by atoms with Gasteiger partial charge < -0.3 is 4.74 Å². The number of ketones is 1. The maximum Gasteiger partial charge on any atom is 0.186 e. The van der Waals surface area contributed by atoms with Crippen LogP contribution in [0, 0.1) is 13.8 Å². The first kappa shape index (κ1) is 17.1. The van der Waals surface area contributed by atoms with Gasteiger partial charge in [0.15, 0.2) is 10.8 Å². The molecule has 0 heterocycles. The molecule has 0 aromatic heterocycles. The lowest BCUT2D eigenvalue weighted by Gasteiger charge is -2.07. The third kappa shape index (κ3) is 4.86. The van der Waals surface area contributed by atoms with E-state index in [9.17, 15) is 4.79 Å². The third-order valence-electron chi connectivity index (χ3n) is 3.37. The number of thioether (sulfide) groups is 1. The number of carbonyl (C=O) groups is 1. The molecule has 4 nitrogen and oxygen atoms in total. The Labute approximate surface area is 140 Å². The molecule has 5 heteroatoms. The Kier molecular flexibility index (Phi) is 5.82. The minimum Gasteiger partial charge on any atom is -0.497 e. The van der Waals surface area contributed by atoms with E-state index >= 15 is 0 Å². The Hall–Kier alpha value is -2.27. The Balaban J connectivity index is 2.13. The molecule has 0 aliphatic carbocycles. The molecule has 0 atom stereocenters. The molecule has 0 unspecified atom stereocenters. The Morgan fingerprint density at radius 1 is 1.09 bits per heavy atom. The molecular formula is C18H20N2O2S. The monoisotopic (exact) mass is 328 g/mol. The summed E-state index contributed by atoms with van der Waals surface area (Å²) in [6.45, 7) is 5.64. The van der Waals surface area contributed by atoms with E-state index < -0.39 is 0 Å². The smallest absolute Gasteiger partial charge is 0.186 e. The summed E-state index contributed by atoms with van der Waals surface area (Å²) in [6.07, 6.45) is 0. The summed E-state index contributed by atoms with van der Waals surface area (Å²) < 4.78 is 5.11. The highest BCUT2D eigenvalue weighted by Crippen LogP contribution is 2.23. The zero-order valence-electron chi connectivity index (χ0n) is 13.7. The number of ether oxygens (including phenoxy) is 1. The third-order valence-corrected chi connectivity index (χ3v) is 4.43. The summed E-state index contributed by atoms with van der Waals surface area (Å²) in [5.74, 6) is 0.699. The Morgan fingerprint density at radius 3 is 2.35 bits per heavy atom. The lowest BCUT2D eigenvalue weighted by atomic mass is 10.1. The predicted molar refractivity (Wildman–Crippen MR) is 96.5 cm³/mol. The van der Waals surface area contributed by atoms with Crippen LogP contribution < -0.4 is 10.2 Å². The lowest BCUT2D eigenvalue weighted by molar-refractivity contribution is -0.110. The fraction of sp³-hybridized carbons (Fsp3) is 0.222. The van der Waals surface area contributed by atoms with Gasteiger partial charge in [-0.25, -0.2) is 0 Å². The van der Waals surface area contributed by atoms with Crippen LogP contribution in [0.1, 0.15) is 18.1 Å². The number of nitrogens with one attached hydrogen (secondary N) is 1. The molecule has 23 heavy (non-hydrogen) atoms. The number of methoxy groups -OCH3 is 1. The highest BCUT2D eigenvalue weighted by molar-refractivity contribution is 8.15. The standard InChI is InChI=1S/C18H20N2O2S/c1-12-5-10-17(11-13(12)2)23-18(14(3)21)20-19-15-6-8-16(22-4)9-7-15/h5-11,19H,1-4H3. The topological polar surface area (TPSA) is 50.7 Å². The predicted octanol–water partition coefficient (Wildman–Crippen LogP) is 4.42. The Morgan fingerprint density at radius 2 is 1.78 bits per heavy atom. The maximum absolute atomic E-state index is 11.8. The van der Waals surface area contributed by atoms with E-state index in [-0.39, 0.29) is 5.78 Å². The molecule has 0 spiro atoms. The second-order valence-electron chi connectivity index (χ2n) is 5.16. The number of anilines is 1. The zero-order valence-corrected chi connectivity index (χ0v) is 14.5. The molecule has 0 radical (unpaired) electrons. The normalized spacial score (nSPS) is 11.2. The summed E-state index contributed by atoms with van der Waals surface area (Å²) in [6, 6.07) is 13.5. The first-order valence-corrected chi connectivity index (χ1v) is 8.05. The summed E-state index contributed by atoms with van der Waals surface area (Å²) in [7, 11) is 1.62. The van der Waals surface area contributed by atoms with Gasteiger partial charge in [0, 0.05) is 11.8 Å². The number of carbonyl (C=O) groups excluding carboxylic acids is 1. The van der Waals surface area contributed by atoms with E-state index in [2.05, 4.69) is 30.4 Å². The molecule has 0 fully saturated rings. The van der Waals surface area contributed by atoms with Gasteiger partial charge in [0.2, 0.25) is 0 Å². The van der Waals surface area contributed by atoms with Crippen molar-refractivity contribution in [3.63, 3.8) is 0 Å². The van der Waals surface area contributed by atoms with E-state index in [4.69, 9.17) is 4.74 Å². The minimum absolute atomic E-state index is 0.0748. The highest BCUT2D eigenvalue weighted by atomic mass is 32.2. The zero-order chi connectivity index (χ0) is 16.8. The van der Waals surface area contributed by atoms with Crippen LogP contribution in [-0.4, -0.2) is 17.9 Å². The molecule has 2 aromatic carbocycles. The van der Waals surface area contributed by atoms with Crippen molar-refractivity contribution in [3.05, 3.63) is 53.6 Å². The average molecular weight is 328 g/mol. The van der Waals surface area contributed by atoms with Gasteiger partial charge >= 0.3 is 0 Å². The number of benzene rings is 2. The van der Waals surface area contributed by atoms with Crippen molar-refractivity contribution in [1.29, 1.82) is 0 Å². The molecule has 0 amide bonds. The second-order valence-corrected chi connectivity index (χ2v) is 6.22. The summed E-state index contributed by atoms with van der Waals surface area (Å²) in [5.41, 5.74) is 6.13. The first-order chi connectivity index (χ1) is 11.0. The van der Waals surface area contributed by atoms with Crippen LogP contribution >= 0.6 is 11.8 Å². The SMILES string of the molecule is COc1ccc(NN=C(Sc2ccc(C)c(C)c2)C(C)=O)cc1. The van der Waals surface area contributed by atoms with Gasteiger partial charge in [0.05, 0.1) is 12.8 Å². The van der Waals surface area contributed by atoms with E-state index in [1.807, 2.05) is 36.4 Å². The number of Topliss-reactive ketones (excluding diaryl/α,β-unsaturated/α-hetero) is 1. The van der Waals surface area contributed by atoms with Crippen molar-refractivity contribution < 1.29 is 9.53 Å². The van der Waals surface area contributed by atoms with Gasteiger partial charge in [-0.15, -0.1) is 0 Å². The van der Waals surface area contributed by atoms with Crippen LogP contribution in [0.2, 0.25) is 0 Å². The average Bonchev–Trinajstić information content (AvgIpc) is 2.55. The summed E-state index contributed by atoms with van der Waals surface area (Å²) in [4.78, 5) is 12.8. The molecule has 2 aromatic rings. The summed E-state index contributed by atoms with van der Waals surface area (Å²) >= 11 is 1.36. The van der Waals surface area contributed by atoms with Gasteiger partial charge in [-0.3, -0.25) is 10.2 Å². The number of hydrazone groups is 1. The van der Waals surface area contributed by atoms with Crippen LogP contribution in [0.15, 0.2) is 52.5 Å². The molecule has 0 aliphatic rings. The lowest BCUT2D eigenvalue weighted by Crippen LogP contribution is -2.08. The molecule has 0 aliphatic heterocycles. The number of hydrogen-bond donors (Lipinski definition) is 1. The van der Waals surface area contributed by atoms with Crippen molar-refractivity contribution >= 4 is 28.3 Å². The highest BCUT2D eigenvalue weighted by Gasteiger charge is 2.09. The maximum atomic E-state index is 11.8. The van der Waals surface area contributed by atoms with Gasteiger partial charge in [0.25, 0.3) is 0 Å². The largest absolute Gasteiger partial charge is 0.497 e. The van der Waals surface area contributed by atoms with E-state index in [0.717, 1.165) is 16.3 Å².